The minimum Gasteiger partial charge on any atom is -0.380 e. The SMILES string of the molecule is CCn1ncnc1CC(N)C(OC)C1CCCCC1. The van der Waals surface area contributed by atoms with Gasteiger partial charge in [-0.2, -0.15) is 5.10 Å². The highest BCUT2D eigenvalue weighted by Crippen LogP contribution is 2.29. The van der Waals surface area contributed by atoms with Gasteiger partial charge >= 0.3 is 0 Å². The molecule has 1 aromatic rings. The molecule has 0 spiro atoms. The average Bonchev–Trinajstić information content (AvgIpc) is 2.88. The van der Waals surface area contributed by atoms with Gasteiger partial charge in [0.1, 0.15) is 12.2 Å². The molecule has 1 aliphatic carbocycles. The smallest absolute Gasteiger partial charge is 0.138 e. The quantitative estimate of drug-likeness (QED) is 0.852. The molecule has 0 radical (unpaired) electrons. The van der Waals surface area contributed by atoms with Crippen LogP contribution in [0.25, 0.3) is 0 Å². The lowest BCUT2D eigenvalue weighted by atomic mass is 9.82. The Balaban J connectivity index is 1.98. The summed E-state index contributed by atoms with van der Waals surface area (Å²) in [6.45, 7) is 2.90. The second-order valence-electron chi connectivity index (χ2n) is 5.46. The van der Waals surface area contributed by atoms with Crippen molar-refractivity contribution in [2.75, 3.05) is 7.11 Å². The number of aryl methyl sites for hydroxylation is 1. The van der Waals surface area contributed by atoms with E-state index in [2.05, 4.69) is 17.0 Å². The fourth-order valence-electron chi connectivity index (χ4n) is 3.22. The van der Waals surface area contributed by atoms with Crippen molar-refractivity contribution in [2.45, 2.75) is 64.1 Å². The number of aromatic nitrogens is 3. The Bertz CT molecular complexity index is 373. The zero-order chi connectivity index (χ0) is 13.7. The largest absolute Gasteiger partial charge is 0.380 e. The molecular weight excluding hydrogens is 240 g/mol. The van der Waals surface area contributed by atoms with Crippen molar-refractivity contribution in [3.8, 4) is 0 Å². The van der Waals surface area contributed by atoms with E-state index >= 15 is 0 Å². The highest BCUT2D eigenvalue weighted by molar-refractivity contribution is 4.93. The van der Waals surface area contributed by atoms with Crippen LogP contribution >= 0.6 is 0 Å². The van der Waals surface area contributed by atoms with Crippen molar-refractivity contribution in [2.24, 2.45) is 11.7 Å². The van der Waals surface area contributed by atoms with Gasteiger partial charge in [0.15, 0.2) is 0 Å². The normalized spacial score (nSPS) is 20.4. The summed E-state index contributed by atoms with van der Waals surface area (Å²) in [5.74, 6) is 1.57. The van der Waals surface area contributed by atoms with Gasteiger partial charge in [-0.1, -0.05) is 19.3 Å². The fourth-order valence-corrected chi connectivity index (χ4v) is 3.22. The van der Waals surface area contributed by atoms with Crippen LogP contribution in [0.15, 0.2) is 6.33 Å². The minimum atomic E-state index is 0.00241. The van der Waals surface area contributed by atoms with Crippen LogP contribution < -0.4 is 5.73 Å². The highest BCUT2D eigenvalue weighted by Gasteiger charge is 2.29. The van der Waals surface area contributed by atoms with E-state index < -0.39 is 0 Å². The third-order valence-electron chi connectivity index (χ3n) is 4.22. The van der Waals surface area contributed by atoms with E-state index in [1.54, 1.807) is 13.4 Å². The molecule has 5 heteroatoms. The van der Waals surface area contributed by atoms with Crippen molar-refractivity contribution in [3.05, 3.63) is 12.2 Å². The molecule has 108 valence electrons. The summed E-state index contributed by atoms with van der Waals surface area (Å²) in [5, 5.41) is 4.19. The Hall–Kier alpha value is -0.940. The van der Waals surface area contributed by atoms with E-state index in [9.17, 15) is 0 Å². The van der Waals surface area contributed by atoms with Crippen molar-refractivity contribution < 1.29 is 4.74 Å². The Labute approximate surface area is 115 Å². The van der Waals surface area contributed by atoms with Crippen LogP contribution in [0, 0.1) is 5.92 Å². The monoisotopic (exact) mass is 266 g/mol. The highest BCUT2D eigenvalue weighted by atomic mass is 16.5. The van der Waals surface area contributed by atoms with Crippen LogP contribution in [-0.2, 0) is 17.7 Å². The first kappa shape index (κ1) is 14.5. The molecule has 1 aromatic heterocycles. The number of nitrogens with two attached hydrogens (primary N) is 1. The van der Waals surface area contributed by atoms with E-state index in [0.29, 0.717) is 5.92 Å². The summed E-state index contributed by atoms with van der Waals surface area (Å²) in [6.07, 6.45) is 8.94. The van der Waals surface area contributed by atoms with Crippen molar-refractivity contribution >= 4 is 0 Å². The van der Waals surface area contributed by atoms with Gasteiger partial charge in [0, 0.05) is 26.1 Å². The molecule has 1 aliphatic rings. The van der Waals surface area contributed by atoms with Gasteiger partial charge in [-0.3, -0.25) is 4.68 Å². The maximum atomic E-state index is 6.37. The van der Waals surface area contributed by atoms with Gasteiger partial charge < -0.3 is 10.5 Å². The van der Waals surface area contributed by atoms with Gasteiger partial charge in [-0.25, -0.2) is 4.98 Å². The van der Waals surface area contributed by atoms with Gasteiger partial charge in [0.2, 0.25) is 0 Å². The molecule has 2 unspecified atom stereocenters. The van der Waals surface area contributed by atoms with Crippen LogP contribution in [0.3, 0.4) is 0 Å². The summed E-state index contributed by atoms with van der Waals surface area (Å²) >= 11 is 0. The molecule has 1 heterocycles. The van der Waals surface area contributed by atoms with Crippen LogP contribution in [0.4, 0.5) is 0 Å². The molecule has 2 N–H and O–H groups in total. The zero-order valence-corrected chi connectivity index (χ0v) is 12.1. The molecule has 2 atom stereocenters. The van der Waals surface area contributed by atoms with Gasteiger partial charge in [-0.05, 0) is 25.7 Å². The second-order valence-corrected chi connectivity index (χ2v) is 5.46. The molecule has 2 rings (SSSR count). The van der Waals surface area contributed by atoms with Crippen LogP contribution in [0.5, 0.6) is 0 Å². The zero-order valence-electron chi connectivity index (χ0n) is 12.1. The molecule has 1 fully saturated rings. The number of methoxy groups -OCH3 is 1. The number of hydrogen-bond donors (Lipinski definition) is 1. The number of rotatable bonds is 6. The van der Waals surface area contributed by atoms with Crippen LogP contribution in [0.1, 0.15) is 44.9 Å². The lowest BCUT2D eigenvalue weighted by Gasteiger charge is -2.33. The summed E-state index contributed by atoms with van der Waals surface area (Å²) < 4.78 is 7.60. The van der Waals surface area contributed by atoms with Gasteiger partial charge in [0.05, 0.1) is 6.10 Å². The summed E-state index contributed by atoms with van der Waals surface area (Å²) in [5.41, 5.74) is 6.37. The van der Waals surface area contributed by atoms with Crippen molar-refractivity contribution in [1.82, 2.24) is 14.8 Å². The minimum absolute atomic E-state index is 0.00241. The lowest BCUT2D eigenvalue weighted by Crippen LogP contribution is -2.44. The molecule has 0 aromatic carbocycles. The molecule has 5 nitrogen and oxygen atoms in total. The van der Waals surface area contributed by atoms with Crippen LogP contribution in [-0.4, -0.2) is 34.0 Å². The predicted octanol–water partition coefficient (Wildman–Crippen LogP) is 1.76. The number of hydrogen-bond acceptors (Lipinski definition) is 4. The van der Waals surface area contributed by atoms with E-state index in [0.717, 1.165) is 18.8 Å². The van der Waals surface area contributed by atoms with E-state index in [1.807, 2.05) is 4.68 Å². The molecule has 0 saturated heterocycles. The molecule has 0 bridgehead atoms. The Morgan fingerprint density at radius 3 is 2.79 bits per heavy atom. The maximum absolute atomic E-state index is 6.37. The Kier molecular flexibility index (Phi) is 5.34. The summed E-state index contributed by atoms with van der Waals surface area (Å²) in [6, 6.07) is 0.00241. The molecule has 0 amide bonds. The summed E-state index contributed by atoms with van der Waals surface area (Å²) in [4.78, 5) is 4.31. The third-order valence-corrected chi connectivity index (χ3v) is 4.22. The topological polar surface area (TPSA) is 66.0 Å². The van der Waals surface area contributed by atoms with E-state index in [1.165, 1.54) is 32.1 Å². The molecule has 1 saturated carbocycles. The first-order valence-electron chi connectivity index (χ1n) is 7.41. The lowest BCUT2D eigenvalue weighted by molar-refractivity contribution is 0.0172. The van der Waals surface area contributed by atoms with Gasteiger partial charge in [-0.15, -0.1) is 0 Å². The molecular formula is C14H26N4O. The van der Waals surface area contributed by atoms with Crippen LogP contribution in [0.2, 0.25) is 0 Å². The standard InChI is InChI=1S/C14H26N4O/c1-3-18-13(16-10-17-18)9-12(15)14(19-2)11-7-5-4-6-8-11/h10-12,14H,3-9,15H2,1-2H3. The first-order chi connectivity index (χ1) is 9.26. The van der Waals surface area contributed by atoms with Crippen molar-refractivity contribution in [3.63, 3.8) is 0 Å². The average molecular weight is 266 g/mol. The maximum Gasteiger partial charge on any atom is 0.138 e. The second kappa shape index (κ2) is 7.01. The number of nitrogens with zero attached hydrogens (tertiary/aromatic N) is 3. The Morgan fingerprint density at radius 2 is 2.16 bits per heavy atom. The van der Waals surface area contributed by atoms with Crippen molar-refractivity contribution in [1.29, 1.82) is 0 Å². The van der Waals surface area contributed by atoms with E-state index in [4.69, 9.17) is 10.5 Å². The number of ether oxygens (including phenoxy) is 1. The van der Waals surface area contributed by atoms with Gasteiger partial charge in [0.25, 0.3) is 0 Å². The molecule has 19 heavy (non-hydrogen) atoms. The fraction of sp³-hybridized carbons (Fsp3) is 0.857. The third kappa shape index (κ3) is 3.54. The predicted molar refractivity (Wildman–Crippen MR) is 74.7 cm³/mol. The summed E-state index contributed by atoms with van der Waals surface area (Å²) in [7, 11) is 1.78. The first-order valence-corrected chi connectivity index (χ1v) is 7.41. The Morgan fingerprint density at radius 1 is 1.42 bits per heavy atom. The molecule has 0 aliphatic heterocycles. The van der Waals surface area contributed by atoms with E-state index in [-0.39, 0.29) is 12.1 Å².